The number of rotatable bonds is 6. The van der Waals surface area contributed by atoms with Gasteiger partial charge in [0.05, 0.1) is 4.91 Å². The number of hydrogen-bond acceptors (Lipinski definition) is 5. The number of aliphatic carboxylic acids is 1. The van der Waals surface area contributed by atoms with E-state index < -0.39 is 17.9 Å². The zero-order chi connectivity index (χ0) is 18.6. The molecule has 25 heavy (non-hydrogen) atoms. The van der Waals surface area contributed by atoms with E-state index in [1.165, 1.54) is 16.7 Å². The highest BCUT2D eigenvalue weighted by Gasteiger charge is 2.28. The van der Waals surface area contributed by atoms with E-state index in [9.17, 15) is 14.4 Å². The van der Waals surface area contributed by atoms with Crippen LogP contribution >= 0.6 is 24.0 Å². The molecule has 132 valence electrons. The molecule has 1 unspecified atom stereocenters. The van der Waals surface area contributed by atoms with Crippen LogP contribution in [0.4, 0.5) is 0 Å². The van der Waals surface area contributed by atoms with Gasteiger partial charge in [-0.15, -0.1) is 0 Å². The van der Waals surface area contributed by atoms with E-state index in [2.05, 4.69) is 5.32 Å². The normalized spacial score (nSPS) is 17.0. The number of hydrogen-bond donors (Lipinski definition) is 2. The molecular weight excluding hydrogens is 360 g/mol. The van der Waals surface area contributed by atoms with Crippen molar-refractivity contribution in [2.24, 2.45) is 0 Å². The molecule has 8 heteroatoms. The second-order valence-electron chi connectivity index (χ2n) is 5.52. The summed E-state index contributed by atoms with van der Waals surface area (Å²) >= 11 is 6.30. The van der Waals surface area contributed by atoms with Gasteiger partial charge >= 0.3 is 5.97 Å². The number of nitrogens with one attached hydrogen (secondary N) is 1. The van der Waals surface area contributed by atoms with Crippen LogP contribution in [0.25, 0.3) is 6.08 Å². The van der Waals surface area contributed by atoms with Crippen molar-refractivity contribution in [1.82, 2.24) is 10.2 Å². The summed E-state index contributed by atoms with van der Waals surface area (Å²) in [5.74, 6) is -1.64. The smallest absolute Gasteiger partial charge is 0.326 e. The fourth-order valence-corrected chi connectivity index (χ4v) is 3.39. The summed E-state index contributed by atoms with van der Waals surface area (Å²) in [6, 6.07) is 5.69. The van der Waals surface area contributed by atoms with Gasteiger partial charge in [-0.1, -0.05) is 49.5 Å². The van der Waals surface area contributed by atoms with Gasteiger partial charge in [0.15, 0.2) is 0 Å². The Balaban J connectivity index is 2.09. The minimum Gasteiger partial charge on any atom is -0.480 e. The third-order valence-electron chi connectivity index (χ3n) is 3.64. The maximum absolute atomic E-state index is 12.2. The fourth-order valence-electron chi connectivity index (χ4n) is 2.22. The van der Waals surface area contributed by atoms with Crippen LogP contribution in [0, 0.1) is 0 Å². The Bertz CT molecular complexity index is 744. The molecule has 1 aliphatic rings. The Labute approximate surface area is 155 Å². The number of carbonyl (C=O) groups is 3. The highest BCUT2D eigenvalue weighted by molar-refractivity contribution is 8.26. The molecule has 1 saturated heterocycles. The lowest BCUT2D eigenvalue weighted by atomic mass is 10.1. The van der Waals surface area contributed by atoms with Crippen LogP contribution in [0.3, 0.4) is 0 Å². The molecule has 1 aliphatic heterocycles. The maximum Gasteiger partial charge on any atom is 0.326 e. The van der Waals surface area contributed by atoms with Gasteiger partial charge in [0, 0.05) is 12.6 Å². The lowest BCUT2D eigenvalue weighted by Crippen LogP contribution is -2.40. The highest BCUT2D eigenvalue weighted by atomic mass is 32.2. The van der Waals surface area contributed by atoms with Crippen LogP contribution in [0.2, 0.25) is 0 Å². The molecule has 0 bridgehead atoms. The van der Waals surface area contributed by atoms with Gasteiger partial charge in [-0.2, -0.15) is 0 Å². The van der Waals surface area contributed by atoms with Crippen molar-refractivity contribution in [1.29, 1.82) is 0 Å². The Morgan fingerprint density at radius 2 is 2.00 bits per heavy atom. The number of amides is 2. The van der Waals surface area contributed by atoms with Gasteiger partial charge in [-0.3, -0.25) is 14.5 Å². The summed E-state index contributed by atoms with van der Waals surface area (Å²) in [4.78, 5) is 37.2. The summed E-state index contributed by atoms with van der Waals surface area (Å²) in [5, 5.41) is 11.6. The number of benzene rings is 1. The van der Waals surface area contributed by atoms with E-state index >= 15 is 0 Å². The highest BCUT2D eigenvalue weighted by Crippen LogP contribution is 2.31. The minimum atomic E-state index is -1.05. The molecule has 0 radical (unpaired) electrons. The molecule has 6 nitrogen and oxygen atoms in total. The number of carboxylic acid groups (broad SMARTS) is 1. The zero-order valence-electron chi connectivity index (χ0n) is 13.8. The second-order valence-corrected chi connectivity index (χ2v) is 7.19. The predicted octanol–water partition coefficient (Wildman–Crippen LogP) is 2.50. The molecule has 1 heterocycles. The van der Waals surface area contributed by atoms with Gasteiger partial charge < -0.3 is 10.4 Å². The second kappa shape index (κ2) is 8.26. The first-order valence-electron chi connectivity index (χ1n) is 7.68. The molecule has 0 aliphatic carbocycles. The largest absolute Gasteiger partial charge is 0.480 e. The first-order valence-corrected chi connectivity index (χ1v) is 8.91. The van der Waals surface area contributed by atoms with Crippen LogP contribution in [0.1, 0.15) is 35.7 Å². The Kier molecular flexibility index (Phi) is 6.33. The summed E-state index contributed by atoms with van der Waals surface area (Å²) in [6.07, 6.45) is 2.74. The van der Waals surface area contributed by atoms with E-state index in [-0.39, 0.29) is 5.91 Å². The summed E-state index contributed by atoms with van der Waals surface area (Å²) in [6.45, 7) is 1.86. The minimum absolute atomic E-state index is 0.152. The van der Waals surface area contributed by atoms with Gasteiger partial charge in [-0.05, 0) is 30.2 Å². The molecule has 0 aromatic heterocycles. The van der Waals surface area contributed by atoms with Crippen LogP contribution < -0.4 is 5.32 Å². The van der Waals surface area contributed by atoms with Crippen LogP contribution in [-0.4, -0.2) is 45.2 Å². The van der Waals surface area contributed by atoms with E-state index in [4.69, 9.17) is 17.3 Å². The monoisotopic (exact) mass is 378 g/mol. The van der Waals surface area contributed by atoms with Gasteiger partial charge in [0.25, 0.3) is 11.8 Å². The van der Waals surface area contributed by atoms with Gasteiger partial charge in [-0.25, -0.2) is 4.79 Å². The lowest BCUT2D eigenvalue weighted by Gasteiger charge is -2.13. The zero-order valence-corrected chi connectivity index (χ0v) is 15.4. The third-order valence-corrected chi connectivity index (χ3v) is 5.12. The maximum atomic E-state index is 12.2. The molecule has 1 aromatic carbocycles. The SMILES string of the molecule is CCCC(NC(=O)c1ccc(/C=C2\SC(=S)N(C)C2=O)cc1)C(=O)O. The predicted molar refractivity (Wildman–Crippen MR) is 101 cm³/mol. The van der Waals surface area contributed by atoms with E-state index in [0.717, 1.165) is 5.56 Å². The Morgan fingerprint density at radius 3 is 2.48 bits per heavy atom. The topological polar surface area (TPSA) is 86.7 Å². The van der Waals surface area contributed by atoms with E-state index in [1.807, 2.05) is 6.92 Å². The van der Waals surface area contributed by atoms with Crippen LogP contribution in [0.5, 0.6) is 0 Å². The van der Waals surface area contributed by atoms with Crippen molar-refractivity contribution in [3.8, 4) is 0 Å². The average Bonchev–Trinajstić information content (AvgIpc) is 2.82. The molecule has 0 saturated carbocycles. The molecule has 1 atom stereocenters. The number of carbonyl (C=O) groups excluding carboxylic acids is 2. The first-order chi connectivity index (χ1) is 11.8. The van der Waals surface area contributed by atoms with Crippen LogP contribution in [0.15, 0.2) is 29.2 Å². The summed E-state index contributed by atoms with van der Waals surface area (Å²) < 4.78 is 0.503. The van der Waals surface area contributed by atoms with Gasteiger partial charge in [0.1, 0.15) is 10.4 Å². The number of nitrogens with zero attached hydrogens (tertiary/aromatic N) is 1. The Hall–Kier alpha value is -2.19. The van der Waals surface area contributed by atoms with Crippen molar-refractivity contribution in [2.45, 2.75) is 25.8 Å². The van der Waals surface area contributed by atoms with Crippen molar-refractivity contribution in [3.63, 3.8) is 0 Å². The summed E-state index contributed by atoms with van der Waals surface area (Å²) in [5.41, 5.74) is 1.12. The molecule has 1 fully saturated rings. The first kappa shape index (κ1) is 19.1. The van der Waals surface area contributed by atoms with Crippen molar-refractivity contribution in [3.05, 3.63) is 40.3 Å². The quantitative estimate of drug-likeness (QED) is 0.584. The lowest BCUT2D eigenvalue weighted by molar-refractivity contribution is -0.139. The molecule has 2 amide bonds. The van der Waals surface area contributed by atoms with Crippen LogP contribution in [-0.2, 0) is 9.59 Å². The number of thioether (sulfide) groups is 1. The van der Waals surface area contributed by atoms with Crippen molar-refractivity contribution >= 4 is 52.2 Å². The molecule has 2 rings (SSSR count). The third kappa shape index (κ3) is 4.67. The molecule has 0 spiro atoms. The number of thiocarbonyl (C=S) groups is 1. The van der Waals surface area contributed by atoms with Crippen molar-refractivity contribution < 1.29 is 19.5 Å². The number of likely N-dealkylation sites (N-methyl/N-ethyl adjacent to an activating group) is 1. The van der Waals surface area contributed by atoms with E-state index in [0.29, 0.717) is 27.6 Å². The number of carboxylic acids is 1. The molecule has 1 aromatic rings. The fraction of sp³-hybridized carbons (Fsp3) is 0.294. The average molecular weight is 378 g/mol. The van der Waals surface area contributed by atoms with E-state index in [1.54, 1.807) is 37.4 Å². The molecular formula is C17H18N2O4S2. The Morgan fingerprint density at radius 1 is 1.36 bits per heavy atom. The summed E-state index contributed by atoms with van der Waals surface area (Å²) in [7, 11) is 1.63. The van der Waals surface area contributed by atoms with Gasteiger partial charge in [0.2, 0.25) is 0 Å². The van der Waals surface area contributed by atoms with Crippen molar-refractivity contribution in [2.75, 3.05) is 7.05 Å². The molecule has 2 N–H and O–H groups in total. The standard InChI is InChI=1S/C17H18N2O4S2/c1-3-4-12(16(22)23)18-14(20)11-7-5-10(6-8-11)9-13-15(21)19(2)17(24)25-13/h5-9,12H,3-4H2,1-2H3,(H,18,20)(H,22,23)/b13-9-.